The molecule has 1 amide bonds. The monoisotopic (exact) mass is 144 g/mol. The van der Waals surface area contributed by atoms with Gasteiger partial charge in [-0.15, -0.1) is 0 Å². The van der Waals surface area contributed by atoms with Crippen LogP contribution in [0.1, 0.15) is 20.0 Å². The predicted molar refractivity (Wildman–Crippen MR) is 36.1 cm³/mol. The van der Waals surface area contributed by atoms with Gasteiger partial charge in [0.15, 0.2) is 12.3 Å². The third kappa shape index (κ3) is 1.31. The Labute approximate surface area is 68.9 Å². The van der Waals surface area contributed by atoms with E-state index in [1.54, 1.807) is 0 Å². The molecular weight excluding hydrogens is 128 g/mol. The zero-order chi connectivity index (χ0) is 13.5. The van der Waals surface area contributed by atoms with Crippen molar-refractivity contribution in [2.75, 3.05) is 0 Å². The lowest BCUT2D eigenvalue weighted by atomic mass is 10.3. The molecule has 0 aromatic carbocycles. The Morgan fingerprint density at radius 2 is 2.80 bits per heavy atom. The molecule has 1 aromatic rings. The van der Waals surface area contributed by atoms with Crippen LogP contribution in [-0.4, -0.2) is 5.91 Å². The molecule has 0 spiro atoms. The van der Waals surface area contributed by atoms with E-state index in [0.717, 1.165) is 0 Å². The maximum atomic E-state index is 11.0. The standard InChI is InChI=1S/C7H8N2O/c1-9-4-2-3-6(5-9)7(8)10/h2-5H,1H3,(H-,8,10)/p+1/i1D3,2D,3D,4D,5D. The lowest BCUT2D eigenvalue weighted by molar-refractivity contribution is -0.671. The second kappa shape index (κ2) is 2.47. The van der Waals surface area contributed by atoms with Crippen molar-refractivity contribution < 1.29 is 19.0 Å². The van der Waals surface area contributed by atoms with Gasteiger partial charge in [-0.05, 0) is 6.04 Å². The number of primary amides is 1. The minimum Gasteiger partial charge on any atom is -0.365 e. The first-order chi connectivity index (χ1) is 7.59. The van der Waals surface area contributed by atoms with Crippen molar-refractivity contribution in [3.8, 4) is 0 Å². The normalized spacial score (nSPS) is 20.6. The van der Waals surface area contributed by atoms with Gasteiger partial charge in [0.05, 0.1) is 2.74 Å². The summed E-state index contributed by atoms with van der Waals surface area (Å²) in [5.41, 5.74) is 4.25. The van der Waals surface area contributed by atoms with Gasteiger partial charge in [0.25, 0.3) is 5.91 Å². The van der Waals surface area contributed by atoms with E-state index in [-0.39, 0.29) is 4.57 Å². The molecule has 1 rings (SSSR count). The number of carbonyl (C=O) groups is 1. The van der Waals surface area contributed by atoms with Crippen LogP contribution >= 0.6 is 0 Å². The van der Waals surface area contributed by atoms with Gasteiger partial charge in [-0.2, -0.15) is 0 Å². The number of rotatable bonds is 1. The molecule has 52 valence electrons. The Bertz CT molecular complexity index is 496. The number of hydrogen-bond donors (Lipinski definition) is 1. The molecule has 1 aromatic heterocycles. The molecule has 0 aliphatic carbocycles. The largest absolute Gasteiger partial charge is 0.365 e. The molecule has 0 aliphatic heterocycles. The molecule has 0 radical (unpaired) electrons. The number of carbonyl (C=O) groups excluding carboxylic acids is 1. The maximum absolute atomic E-state index is 11.0. The fraction of sp³-hybridized carbons (Fsp3) is 0.143. The van der Waals surface area contributed by atoms with Crippen LogP contribution in [0, 0.1) is 0 Å². The highest BCUT2D eigenvalue weighted by Gasteiger charge is 2.02. The average Bonchev–Trinajstić information content (AvgIpc) is 2.11. The van der Waals surface area contributed by atoms with E-state index < -0.39 is 42.9 Å². The first kappa shape index (κ1) is 2.05. The summed E-state index contributed by atoms with van der Waals surface area (Å²) in [6.07, 6.45) is -1.69. The summed E-state index contributed by atoms with van der Waals surface area (Å²) in [5, 5.41) is 0. The molecule has 3 heteroatoms. The van der Waals surface area contributed by atoms with E-state index in [1.807, 2.05) is 0 Å². The van der Waals surface area contributed by atoms with E-state index in [2.05, 4.69) is 0 Å². The molecule has 0 fully saturated rings. The summed E-state index contributed by atoms with van der Waals surface area (Å²) < 4.78 is 51.2. The molecule has 0 bridgehead atoms. The van der Waals surface area contributed by atoms with Crippen LogP contribution in [0.15, 0.2) is 24.4 Å². The number of hydrogen-bond acceptors (Lipinski definition) is 1. The first-order valence-corrected chi connectivity index (χ1v) is 2.41. The van der Waals surface area contributed by atoms with Crippen molar-refractivity contribution in [2.24, 2.45) is 12.7 Å². The molecule has 1 heterocycles. The van der Waals surface area contributed by atoms with Gasteiger partial charge in [-0.25, -0.2) is 4.57 Å². The minimum absolute atomic E-state index is 0.216. The van der Waals surface area contributed by atoms with Gasteiger partial charge in [-0.3, -0.25) is 4.79 Å². The summed E-state index contributed by atoms with van der Waals surface area (Å²) in [4.78, 5) is 11.0. The van der Waals surface area contributed by atoms with Crippen molar-refractivity contribution in [1.29, 1.82) is 0 Å². The summed E-state index contributed by atoms with van der Waals surface area (Å²) in [6, 6.07) is -1.47. The van der Waals surface area contributed by atoms with Crippen LogP contribution in [-0.2, 0) is 6.98 Å². The second-order valence-corrected chi connectivity index (χ2v) is 1.55. The fourth-order valence-corrected chi connectivity index (χ4v) is 0.431. The van der Waals surface area contributed by atoms with Gasteiger partial charge in [0.1, 0.15) is 19.4 Å². The van der Waals surface area contributed by atoms with Crippen molar-refractivity contribution in [3.05, 3.63) is 30.0 Å². The van der Waals surface area contributed by atoms with Crippen molar-refractivity contribution in [3.63, 3.8) is 0 Å². The Balaban J connectivity index is 3.81. The lowest BCUT2D eigenvalue weighted by Gasteiger charge is -1.89. The summed E-state index contributed by atoms with van der Waals surface area (Å²) in [7, 11) is 0. The van der Waals surface area contributed by atoms with Gasteiger partial charge in [0.2, 0.25) is 0 Å². The Morgan fingerprint density at radius 1 is 2.00 bits per heavy atom. The Morgan fingerprint density at radius 3 is 3.40 bits per heavy atom. The van der Waals surface area contributed by atoms with Crippen LogP contribution in [0.5, 0.6) is 0 Å². The highest BCUT2D eigenvalue weighted by atomic mass is 16.1. The number of aromatic nitrogens is 1. The Hall–Kier alpha value is -1.38. The number of pyridine rings is 1. The van der Waals surface area contributed by atoms with Gasteiger partial charge in [0, 0.05) is 6.04 Å². The highest BCUT2D eigenvalue weighted by Crippen LogP contribution is 1.89. The fourth-order valence-electron chi connectivity index (χ4n) is 0.431. The maximum Gasteiger partial charge on any atom is 0.254 e. The van der Waals surface area contributed by atoms with E-state index in [4.69, 9.17) is 15.3 Å². The van der Waals surface area contributed by atoms with Crippen molar-refractivity contribution in [1.82, 2.24) is 0 Å². The van der Waals surface area contributed by atoms with Crippen molar-refractivity contribution >= 4 is 5.91 Å². The van der Waals surface area contributed by atoms with E-state index >= 15 is 0 Å². The smallest absolute Gasteiger partial charge is 0.254 e. The first-order valence-electron chi connectivity index (χ1n) is 5.91. The quantitative estimate of drug-likeness (QED) is 0.536. The lowest BCUT2D eigenvalue weighted by Crippen LogP contribution is -2.28. The van der Waals surface area contributed by atoms with Crippen LogP contribution in [0.4, 0.5) is 0 Å². The molecule has 10 heavy (non-hydrogen) atoms. The minimum atomic E-state index is -2.89. The molecule has 2 N–H and O–H groups in total. The summed E-state index contributed by atoms with van der Waals surface area (Å²) >= 11 is 0. The number of amides is 1. The summed E-state index contributed by atoms with van der Waals surface area (Å²) in [5.74, 6) is -1.17. The van der Waals surface area contributed by atoms with E-state index in [9.17, 15) is 4.79 Å². The second-order valence-electron chi connectivity index (χ2n) is 1.55. The van der Waals surface area contributed by atoms with E-state index in [1.165, 1.54) is 0 Å². The van der Waals surface area contributed by atoms with Gasteiger partial charge >= 0.3 is 0 Å². The SMILES string of the molecule is [2H]c1c([2H])c([2H])[n+](C([2H])([2H])[2H])c([2H])c1C(N)=O. The average molecular weight is 144 g/mol. The van der Waals surface area contributed by atoms with Gasteiger partial charge in [-0.1, -0.05) is 0 Å². The van der Waals surface area contributed by atoms with E-state index in [0.29, 0.717) is 0 Å². The van der Waals surface area contributed by atoms with Crippen LogP contribution in [0.2, 0.25) is 0 Å². The summed E-state index contributed by atoms with van der Waals surface area (Å²) in [6.45, 7) is -2.89. The topological polar surface area (TPSA) is 47.0 Å². The third-order valence-corrected chi connectivity index (χ3v) is 0.825. The Kier molecular flexibility index (Phi) is 0.507. The molecule has 0 atom stereocenters. The molecule has 0 saturated carbocycles. The molecule has 3 nitrogen and oxygen atoms in total. The molecular formula is C7H9N2O+. The predicted octanol–water partition coefficient (Wildman–Crippen LogP) is -0.390. The zero-order valence-electron chi connectivity index (χ0n) is 11.9. The highest BCUT2D eigenvalue weighted by molar-refractivity contribution is 5.92. The zero-order valence-corrected chi connectivity index (χ0v) is 4.93. The number of nitrogens with zero attached hydrogens (tertiary/aromatic N) is 1. The van der Waals surface area contributed by atoms with Crippen LogP contribution in [0.25, 0.3) is 0 Å². The van der Waals surface area contributed by atoms with Gasteiger partial charge < -0.3 is 5.73 Å². The van der Waals surface area contributed by atoms with Crippen LogP contribution < -0.4 is 10.3 Å². The van der Waals surface area contributed by atoms with Crippen molar-refractivity contribution in [2.45, 2.75) is 0 Å². The third-order valence-electron chi connectivity index (χ3n) is 0.825. The van der Waals surface area contributed by atoms with Crippen LogP contribution in [0.3, 0.4) is 0 Å². The molecule has 0 unspecified atom stereocenters. The molecule has 0 aliphatic rings. The molecule has 0 saturated heterocycles. The number of nitrogens with two attached hydrogens (primary N) is 1.